The molecule has 0 bridgehead atoms. The molecule has 1 atom stereocenters. The third-order valence-corrected chi connectivity index (χ3v) is 7.51. The molecule has 0 saturated carbocycles. The number of fused-ring (bicyclic) bond motifs is 1. The third kappa shape index (κ3) is 6.83. The van der Waals surface area contributed by atoms with Crippen LogP contribution in [0, 0.1) is 0 Å². The molecule has 0 aliphatic carbocycles. The summed E-state index contributed by atoms with van der Waals surface area (Å²) in [6.45, 7) is 14.2. The van der Waals surface area contributed by atoms with Crippen molar-refractivity contribution in [3.63, 3.8) is 0 Å². The fourth-order valence-corrected chi connectivity index (χ4v) is 5.17. The van der Waals surface area contributed by atoms with Gasteiger partial charge in [-0.3, -0.25) is 4.68 Å². The van der Waals surface area contributed by atoms with E-state index in [2.05, 4.69) is 71.5 Å². The maximum Gasteiger partial charge on any atom is 0.0759 e. The van der Waals surface area contributed by atoms with Crippen LogP contribution in [-0.2, 0) is 17.9 Å². The summed E-state index contributed by atoms with van der Waals surface area (Å²) < 4.78 is 2.14. The van der Waals surface area contributed by atoms with E-state index in [0.717, 1.165) is 0 Å². The Bertz CT molecular complexity index is 785. The lowest BCUT2D eigenvalue weighted by molar-refractivity contribution is 0.369. The number of aryl methyl sites for hydroxylation is 1. The zero-order chi connectivity index (χ0) is 22.9. The fraction of sp³-hybridized carbons (Fsp3) is 0.759. The smallest absolute Gasteiger partial charge is 0.0759 e. The predicted octanol–water partition coefficient (Wildman–Crippen LogP) is 9.24. The summed E-state index contributed by atoms with van der Waals surface area (Å²) in [5.41, 5.74) is 4.51. The molecular formula is C29H50N2. The van der Waals surface area contributed by atoms with Crippen molar-refractivity contribution in [1.82, 2.24) is 9.78 Å². The van der Waals surface area contributed by atoms with E-state index in [9.17, 15) is 0 Å². The van der Waals surface area contributed by atoms with Gasteiger partial charge in [0, 0.05) is 17.8 Å². The Kier molecular flexibility index (Phi) is 10.1. The van der Waals surface area contributed by atoms with Gasteiger partial charge in [0.15, 0.2) is 0 Å². The average molecular weight is 427 g/mol. The molecule has 176 valence electrons. The van der Waals surface area contributed by atoms with E-state index in [4.69, 9.17) is 5.10 Å². The number of aromatic nitrogens is 2. The van der Waals surface area contributed by atoms with E-state index in [-0.39, 0.29) is 10.8 Å². The van der Waals surface area contributed by atoms with Crippen LogP contribution in [0.3, 0.4) is 0 Å². The Morgan fingerprint density at radius 2 is 1.32 bits per heavy atom. The summed E-state index contributed by atoms with van der Waals surface area (Å²) in [5, 5.41) is 6.41. The fourth-order valence-electron chi connectivity index (χ4n) is 5.17. The highest BCUT2D eigenvalue weighted by Crippen LogP contribution is 2.39. The van der Waals surface area contributed by atoms with E-state index in [1.165, 1.54) is 106 Å². The molecular weight excluding hydrogens is 376 g/mol. The van der Waals surface area contributed by atoms with Gasteiger partial charge in [0.25, 0.3) is 0 Å². The van der Waals surface area contributed by atoms with E-state index in [1.807, 2.05) is 0 Å². The van der Waals surface area contributed by atoms with Crippen molar-refractivity contribution in [2.24, 2.45) is 7.05 Å². The van der Waals surface area contributed by atoms with Gasteiger partial charge in [0.1, 0.15) is 0 Å². The molecule has 2 heteroatoms. The van der Waals surface area contributed by atoms with E-state index in [1.54, 1.807) is 0 Å². The van der Waals surface area contributed by atoms with Crippen molar-refractivity contribution < 1.29 is 0 Å². The van der Waals surface area contributed by atoms with Crippen LogP contribution in [0.1, 0.15) is 136 Å². The molecule has 0 aliphatic rings. The molecule has 31 heavy (non-hydrogen) atoms. The second-order valence-electron chi connectivity index (χ2n) is 10.9. The van der Waals surface area contributed by atoms with Crippen molar-refractivity contribution in [3.05, 3.63) is 29.5 Å². The first kappa shape index (κ1) is 25.9. The molecule has 0 aliphatic heterocycles. The van der Waals surface area contributed by atoms with Crippen LogP contribution < -0.4 is 0 Å². The van der Waals surface area contributed by atoms with E-state index in [0.29, 0.717) is 0 Å². The molecule has 1 heterocycles. The maximum absolute atomic E-state index is 5.05. The molecule has 2 rings (SSSR count). The first-order chi connectivity index (χ1) is 14.8. The van der Waals surface area contributed by atoms with Gasteiger partial charge < -0.3 is 0 Å². The van der Waals surface area contributed by atoms with E-state index >= 15 is 0 Å². The summed E-state index contributed by atoms with van der Waals surface area (Å²) >= 11 is 0. The van der Waals surface area contributed by atoms with Gasteiger partial charge in [0.2, 0.25) is 0 Å². The zero-order valence-corrected chi connectivity index (χ0v) is 21.8. The lowest BCUT2D eigenvalue weighted by Gasteiger charge is -2.31. The first-order valence-electron chi connectivity index (χ1n) is 13.3. The largest absolute Gasteiger partial charge is 0.268 e. The molecule has 1 unspecified atom stereocenters. The van der Waals surface area contributed by atoms with Crippen LogP contribution in [0.25, 0.3) is 10.9 Å². The van der Waals surface area contributed by atoms with Crippen molar-refractivity contribution >= 4 is 10.9 Å². The molecule has 1 aromatic heterocycles. The standard InChI is InChI=1S/C29H50N2/c1-8-11-14-16-20-28(4,5)27-25-19-18-24(23-26(25)31(7)30-27)29(6,21-13-10-3)22-17-15-12-9-2/h18-19,23H,8-17,20-22H2,1-7H3. The molecule has 2 nitrogen and oxygen atoms in total. The number of benzene rings is 1. The topological polar surface area (TPSA) is 17.8 Å². The van der Waals surface area contributed by atoms with Crippen molar-refractivity contribution in [3.8, 4) is 0 Å². The molecule has 0 fully saturated rings. The molecule has 1 aromatic carbocycles. The average Bonchev–Trinajstić information content (AvgIpc) is 3.10. The Morgan fingerprint density at radius 1 is 0.742 bits per heavy atom. The van der Waals surface area contributed by atoms with Crippen LogP contribution in [-0.4, -0.2) is 9.78 Å². The lowest BCUT2D eigenvalue weighted by atomic mass is 9.74. The Labute approximate surface area is 193 Å². The number of hydrogen-bond acceptors (Lipinski definition) is 1. The summed E-state index contributed by atoms with van der Waals surface area (Å²) in [5.74, 6) is 0. The molecule has 0 spiro atoms. The molecule has 0 N–H and O–H groups in total. The Morgan fingerprint density at radius 3 is 1.94 bits per heavy atom. The van der Waals surface area contributed by atoms with Gasteiger partial charge in [-0.05, 0) is 36.3 Å². The van der Waals surface area contributed by atoms with Crippen LogP contribution in [0.5, 0.6) is 0 Å². The van der Waals surface area contributed by atoms with E-state index < -0.39 is 0 Å². The minimum absolute atomic E-state index is 0.125. The highest BCUT2D eigenvalue weighted by molar-refractivity contribution is 5.84. The Balaban J connectivity index is 2.31. The third-order valence-electron chi connectivity index (χ3n) is 7.51. The van der Waals surface area contributed by atoms with Crippen molar-refractivity contribution in [1.29, 1.82) is 0 Å². The molecule has 0 amide bonds. The number of rotatable bonds is 15. The SMILES string of the molecule is CCCCCCC(C)(C)c1nn(C)c2cc(C(C)(CCCC)CCCCCC)ccc12. The molecule has 0 saturated heterocycles. The highest BCUT2D eigenvalue weighted by Gasteiger charge is 2.29. The predicted molar refractivity (Wildman–Crippen MR) is 138 cm³/mol. The Hall–Kier alpha value is -1.31. The van der Waals surface area contributed by atoms with Crippen LogP contribution in [0.4, 0.5) is 0 Å². The second-order valence-corrected chi connectivity index (χ2v) is 10.9. The lowest BCUT2D eigenvalue weighted by Crippen LogP contribution is -2.22. The minimum Gasteiger partial charge on any atom is -0.268 e. The van der Waals surface area contributed by atoms with Gasteiger partial charge in [-0.25, -0.2) is 0 Å². The summed E-state index contributed by atoms with van der Waals surface area (Å²) in [6.07, 6.45) is 17.0. The second kappa shape index (κ2) is 12.1. The summed E-state index contributed by atoms with van der Waals surface area (Å²) in [7, 11) is 2.13. The van der Waals surface area contributed by atoms with Gasteiger partial charge >= 0.3 is 0 Å². The van der Waals surface area contributed by atoms with Crippen LogP contribution in [0.2, 0.25) is 0 Å². The summed E-state index contributed by atoms with van der Waals surface area (Å²) in [4.78, 5) is 0. The van der Waals surface area contributed by atoms with Crippen LogP contribution >= 0.6 is 0 Å². The van der Waals surface area contributed by atoms with Gasteiger partial charge in [-0.15, -0.1) is 0 Å². The molecule has 2 aromatic rings. The minimum atomic E-state index is 0.125. The first-order valence-corrected chi connectivity index (χ1v) is 13.3. The highest BCUT2D eigenvalue weighted by atomic mass is 15.3. The van der Waals surface area contributed by atoms with Gasteiger partial charge in [-0.2, -0.15) is 5.10 Å². The van der Waals surface area contributed by atoms with Crippen molar-refractivity contribution in [2.75, 3.05) is 0 Å². The van der Waals surface area contributed by atoms with Crippen molar-refractivity contribution in [2.45, 2.75) is 136 Å². The molecule has 0 radical (unpaired) electrons. The number of hydrogen-bond donors (Lipinski definition) is 0. The quantitative estimate of drug-likeness (QED) is 0.259. The van der Waals surface area contributed by atoms with Crippen LogP contribution in [0.15, 0.2) is 18.2 Å². The number of unbranched alkanes of at least 4 members (excludes halogenated alkanes) is 7. The maximum atomic E-state index is 5.05. The van der Waals surface area contributed by atoms with Gasteiger partial charge in [0.05, 0.1) is 11.2 Å². The number of nitrogens with zero attached hydrogens (tertiary/aromatic N) is 2. The monoisotopic (exact) mass is 426 g/mol. The van der Waals surface area contributed by atoms with Gasteiger partial charge in [-0.1, -0.05) is 118 Å². The normalized spacial score (nSPS) is 14.3. The zero-order valence-electron chi connectivity index (χ0n) is 21.8. The summed E-state index contributed by atoms with van der Waals surface area (Å²) in [6, 6.07) is 7.28.